The number of amides is 1. The van der Waals surface area contributed by atoms with E-state index in [1.165, 1.54) is 0 Å². The molecule has 4 rings (SSSR count). The number of H-pyrrole nitrogens is 1. The van der Waals surface area contributed by atoms with Crippen LogP contribution in [0.4, 0.5) is 0 Å². The molecule has 2 saturated heterocycles. The Hall–Kier alpha value is -1.57. The Labute approximate surface area is 151 Å². The van der Waals surface area contributed by atoms with Crippen molar-refractivity contribution < 1.29 is 13.2 Å². The number of aromatic amines is 1. The van der Waals surface area contributed by atoms with E-state index in [1.54, 1.807) is 4.90 Å². The lowest BCUT2D eigenvalue weighted by molar-refractivity contribution is 0.0583. The molecule has 1 atom stereocenters. The van der Waals surface area contributed by atoms with Gasteiger partial charge in [-0.2, -0.15) is 0 Å². The van der Waals surface area contributed by atoms with E-state index in [9.17, 15) is 13.2 Å². The molecule has 8 heteroatoms. The number of nitrogens with one attached hydrogen (secondary N) is 1. The van der Waals surface area contributed by atoms with Gasteiger partial charge in [-0.25, -0.2) is 8.42 Å². The smallest absolute Gasteiger partial charge is 0.271 e. The first-order valence-electron chi connectivity index (χ1n) is 8.44. The van der Waals surface area contributed by atoms with Gasteiger partial charge in [-0.05, 0) is 12.5 Å². The van der Waals surface area contributed by atoms with E-state index in [0.29, 0.717) is 43.3 Å². The number of hydrogen-bond donors (Lipinski definition) is 1. The zero-order valence-corrected chi connectivity index (χ0v) is 15.3. The van der Waals surface area contributed by atoms with Crippen molar-refractivity contribution in [3.8, 4) is 0 Å². The fraction of sp³-hybridized carbons (Fsp3) is 0.471. The summed E-state index contributed by atoms with van der Waals surface area (Å²) in [5.41, 5.74) is 1.28. The lowest BCUT2D eigenvalue weighted by Crippen LogP contribution is -2.52. The first kappa shape index (κ1) is 16.9. The normalized spacial score (nSPS) is 24.0. The number of piperazine rings is 1. The highest BCUT2D eigenvalue weighted by molar-refractivity contribution is 7.91. The van der Waals surface area contributed by atoms with Crippen molar-refractivity contribution in [3.05, 3.63) is 35.0 Å². The molecule has 25 heavy (non-hydrogen) atoms. The van der Waals surface area contributed by atoms with E-state index < -0.39 is 9.84 Å². The number of nitrogens with zero attached hydrogens (tertiary/aromatic N) is 2. The van der Waals surface area contributed by atoms with Gasteiger partial charge in [0.15, 0.2) is 9.84 Å². The lowest BCUT2D eigenvalue weighted by atomic mass is 10.2. The van der Waals surface area contributed by atoms with Crippen molar-refractivity contribution >= 4 is 38.2 Å². The SMILES string of the molecule is O=C(c1[nH]c2ccccc2c1Cl)N1CCN(C2CCS(=O)(=O)C2)CC1. The number of hydrogen-bond acceptors (Lipinski definition) is 4. The van der Waals surface area contributed by atoms with Gasteiger partial charge in [-0.15, -0.1) is 0 Å². The highest BCUT2D eigenvalue weighted by atomic mass is 35.5. The van der Waals surface area contributed by atoms with Crippen molar-refractivity contribution in [1.82, 2.24) is 14.8 Å². The van der Waals surface area contributed by atoms with Crippen LogP contribution in [0.25, 0.3) is 10.9 Å². The van der Waals surface area contributed by atoms with Gasteiger partial charge < -0.3 is 9.88 Å². The summed E-state index contributed by atoms with van der Waals surface area (Å²) in [5.74, 6) is 0.427. The number of fused-ring (bicyclic) bond motifs is 1. The van der Waals surface area contributed by atoms with Crippen LogP contribution < -0.4 is 0 Å². The Morgan fingerprint density at radius 2 is 1.88 bits per heavy atom. The van der Waals surface area contributed by atoms with Crippen LogP contribution in [0.1, 0.15) is 16.9 Å². The Morgan fingerprint density at radius 3 is 2.52 bits per heavy atom. The fourth-order valence-electron chi connectivity index (χ4n) is 3.77. The molecule has 0 saturated carbocycles. The average Bonchev–Trinajstić information content (AvgIpc) is 3.15. The van der Waals surface area contributed by atoms with Crippen LogP contribution in [0.15, 0.2) is 24.3 Å². The van der Waals surface area contributed by atoms with Gasteiger partial charge in [0.05, 0.1) is 16.5 Å². The second-order valence-electron chi connectivity index (χ2n) is 6.74. The van der Waals surface area contributed by atoms with E-state index in [1.807, 2.05) is 24.3 Å². The van der Waals surface area contributed by atoms with E-state index >= 15 is 0 Å². The molecule has 2 aliphatic heterocycles. The van der Waals surface area contributed by atoms with Crippen molar-refractivity contribution in [2.45, 2.75) is 12.5 Å². The zero-order valence-electron chi connectivity index (χ0n) is 13.7. The van der Waals surface area contributed by atoms with E-state index in [0.717, 1.165) is 10.9 Å². The summed E-state index contributed by atoms with van der Waals surface area (Å²) in [6.07, 6.45) is 0.699. The Bertz CT molecular complexity index is 916. The van der Waals surface area contributed by atoms with Crippen molar-refractivity contribution in [3.63, 3.8) is 0 Å². The van der Waals surface area contributed by atoms with Crippen molar-refractivity contribution in [2.24, 2.45) is 0 Å². The molecule has 134 valence electrons. The molecule has 1 aromatic carbocycles. The number of rotatable bonds is 2. The van der Waals surface area contributed by atoms with E-state index in [4.69, 9.17) is 11.6 Å². The predicted molar refractivity (Wildman–Crippen MR) is 97.8 cm³/mol. The van der Waals surface area contributed by atoms with E-state index in [-0.39, 0.29) is 23.5 Å². The summed E-state index contributed by atoms with van der Waals surface area (Å²) in [7, 11) is -2.88. The van der Waals surface area contributed by atoms with Gasteiger partial charge in [0.2, 0.25) is 0 Å². The molecule has 1 N–H and O–H groups in total. The van der Waals surface area contributed by atoms with Gasteiger partial charge >= 0.3 is 0 Å². The summed E-state index contributed by atoms with van der Waals surface area (Å²) >= 11 is 6.38. The molecule has 2 aliphatic rings. The third-order valence-corrected chi connectivity index (χ3v) is 7.33. The van der Waals surface area contributed by atoms with Gasteiger partial charge in [0.25, 0.3) is 5.91 Å². The first-order valence-corrected chi connectivity index (χ1v) is 10.6. The molecular weight excluding hydrogens is 362 g/mol. The fourth-order valence-corrected chi connectivity index (χ4v) is 5.82. The molecule has 0 spiro atoms. The molecule has 1 unspecified atom stereocenters. The topological polar surface area (TPSA) is 73.5 Å². The molecule has 0 bridgehead atoms. The minimum absolute atomic E-state index is 0.0962. The van der Waals surface area contributed by atoms with Gasteiger partial charge in [0.1, 0.15) is 5.69 Å². The predicted octanol–water partition coefficient (Wildman–Crippen LogP) is 1.77. The second-order valence-corrected chi connectivity index (χ2v) is 9.35. The molecule has 0 radical (unpaired) electrons. The van der Waals surface area contributed by atoms with Crippen LogP contribution in [0.5, 0.6) is 0 Å². The standard InChI is InChI=1S/C17H20ClN3O3S/c18-15-13-3-1-2-4-14(13)19-16(15)17(22)21-8-6-20(7-9-21)12-5-10-25(23,24)11-12/h1-4,12,19H,5-11H2. The number of aromatic nitrogens is 1. The molecule has 6 nitrogen and oxygen atoms in total. The molecule has 3 heterocycles. The second kappa shape index (κ2) is 6.30. The molecule has 2 fully saturated rings. The van der Waals surface area contributed by atoms with E-state index in [2.05, 4.69) is 9.88 Å². The van der Waals surface area contributed by atoms with Crippen LogP contribution in [-0.4, -0.2) is 72.8 Å². The van der Waals surface area contributed by atoms with Gasteiger partial charge in [0, 0.05) is 43.1 Å². The van der Waals surface area contributed by atoms with Crippen molar-refractivity contribution in [2.75, 3.05) is 37.7 Å². The third-order valence-electron chi connectivity index (χ3n) is 5.18. The highest BCUT2D eigenvalue weighted by Crippen LogP contribution is 2.28. The highest BCUT2D eigenvalue weighted by Gasteiger charge is 2.34. The summed E-state index contributed by atoms with van der Waals surface area (Å²) in [6.45, 7) is 2.57. The maximum atomic E-state index is 12.8. The number of carbonyl (C=O) groups excluding carboxylic acids is 1. The number of halogens is 1. The molecule has 0 aliphatic carbocycles. The maximum Gasteiger partial charge on any atom is 0.271 e. The van der Waals surface area contributed by atoms with Gasteiger partial charge in [-0.1, -0.05) is 29.8 Å². The van der Waals surface area contributed by atoms with Crippen LogP contribution >= 0.6 is 11.6 Å². The quantitative estimate of drug-likeness (QED) is 0.860. The monoisotopic (exact) mass is 381 g/mol. The Balaban J connectivity index is 1.45. The number of sulfone groups is 1. The van der Waals surface area contributed by atoms with Crippen molar-refractivity contribution in [1.29, 1.82) is 0 Å². The largest absolute Gasteiger partial charge is 0.349 e. The van der Waals surface area contributed by atoms with Crippen LogP contribution in [0.3, 0.4) is 0 Å². The van der Waals surface area contributed by atoms with Gasteiger partial charge in [-0.3, -0.25) is 9.69 Å². The Morgan fingerprint density at radius 1 is 1.16 bits per heavy atom. The Kier molecular flexibility index (Phi) is 4.25. The summed E-state index contributed by atoms with van der Waals surface area (Å²) < 4.78 is 23.3. The molecule has 1 aromatic heterocycles. The zero-order chi connectivity index (χ0) is 17.6. The number of para-hydroxylation sites is 1. The maximum absolute atomic E-state index is 12.8. The minimum atomic E-state index is -2.88. The lowest BCUT2D eigenvalue weighted by Gasteiger charge is -2.37. The summed E-state index contributed by atoms with van der Waals surface area (Å²) in [4.78, 5) is 19.9. The summed E-state index contributed by atoms with van der Waals surface area (Å²) in [6, 6.07) is 7.68. The molecule has 2 aromatic rings. The van der Waals surface area contributed by atoms with Crippen LogP contribution in [0, 0.1) is 0 Å². The van der Waals surface area contributed by atoms with Crippen LogP contribution in [0.2, 0.25) is 5.02 Å². The van der Waals surface area contributed by atoms with Crippen LogP contribution in [-0.2, 0) is 9.84 Å². The molecule has 1 amide bonds. The number of benzene rings is 1. The summed E-state index contributed by atoms with van der Waals surface area (Å²) in [5, 5.41) is 1.31. The first-order chi connectivity index (χ1) is 11.9. The number of carbonyl (C=O) groups is 1. The minimum Gasteiger partial charge on any atom is -0.349 e. The third kappa shape index (κ3) is 3.16. The molecular formula is C17H20ClN3O3S. The average molecular weight is 382 g/mol.